The van der Waals surface area contributed by atoms with Crippen LogP contribution in [-0.4, -0.2) is 11.8 Å². The van der Waals surface area contributed by atoms with Gasteiger partial charge in [-0.2, -0.15) is 0 Å². The molecule has 0 aromatic heterocycles. The first-order valence-corrected chi connectivity index (χ1v) is 9.34. The molecule has 3 aromatic rings. The fourth-order valence-corrected chi connectivity index (χ4v) is 3.08. The molecular formula is C23H24N2O2. The normalized spacial score (nSPS) is 16.0. The second-order valence-corrected chi connectivity index (χ2v) is 6.53. The summed E-state index contributed by atoms with van der Waals surface area (Å²) in [7, 11) is 0. The maximum absolute atomic E-state index is 12.1. The number of para-hydroxylation sites is 1. The molecule has 3 aromatic carbocycles. The third-order valence-electron chi connectivity index (χ3n) is 4.58. The van der Waals surface area contributed by atoms with E-state index in [0.29, 0.717) is 12.1 Å². The lowest BCUT2D eigenvalue weighted by atomic mass is 10.0. The van der Waals surface area contributed by atoms with Crippen LogP contribution < -0.4 is 10.4 Å². The number of carbonyl (C=O) groups excluding carboxylic acids is 2. The van der Waals surface area contributed by atoms with Gasteiger partial charge in [-0.3, -0.25) is 15.0 Å². The van der Waals surface area contributed by atoms with Crippen molar-refractivity contribution >= 4 is 28.3 Å². The van der Waals surface area contributed by atoms with E-state index in [1.807, 2.05) is 25.1 Å². The molecule has 0 radical (unpaired) electrons. The molecule has 1 unspecified atom stereocenters. The predicted octanol–water partition coefficient (Wildman–Crippen LogP) is 4.71. The number of rotatable bonds is 4. The van der Waals surface area contributed by atoms with Gasteiger partial charge in [0.2, 0.25) is 0 Å². The Morgan fingerprint density at radius 3 is 1.85 bits per heavy atom. The highest BCUT2D eigenvalue weighted by atomic mass is 16.2. The highest BCUT2D eigenvalue weighted by Gasteiger charge is 2.39. The van der Waals surface area contributed by atoms with E-state index in [-0.39, 0.29) is 11.8 Å². The van der Waals surface area contributed by atoms with Gasteiger partial charge in [0.1, 0.15) is 5.92 Å². The van der Waals surface area contributed by atoms with Crippen LogP contribution in [0, 0.1) is 5.92 Å². The summed E-state index contributed by atoms with van der Waals surface area (Å²) in [5.74, 6) is -0.850. The summed E-state index contributed by atoms with van der Waals surface area (Å²) in [6, 6.07) is 25.9. The van der Waals surface area contributed by atoms with Crippen LogP contribution in [0.4, 0.5) is 5.69 Å². The SMILES string of the molecule is CCCCC1C(=O)NN(c2ccccc2)C1=O.c1ccc2ccccc2c1. The highest BCUT2D eigenvalue weighted by molar-refractivity contribution is 6.14. The Bertz CT molecular complexity index is 843. The number of hydrazine groups is 1. The van der Waals surface area contributed by atoms with E-state index in [0.717, 1.165) is 12.8 Å². The molecule has 1 aliphatic rings. The zero-order valence-corrected chi connectivity index (χ0v) is 15.5. The van der Waals surface area contributed by atoms with Crippen molar-refractivity contribution in [3.05, 3.63) is 78.9 Å². The van der Waals surface area contributed by atoms with Gasteiger partial charge in [-0.25, -0.2) is 5.01 Å². The van der Waals surface area contributed by atoms with Crippen molar-refractivity contribution in [3.63, 3.8) is 0 Å². The lowest BCUT2D eigenvalue weighted by molar-refractivity contribution is -0.127. The molecular weight excluding hydrogens is 336 g/mol. The van der Waals surface area contributed by atoms with Gasteiger partial charge in [0, 0.05) is 0 Å². The van der Waals surface area contributed by atoms with Gasteiger partial charge in [0.25, 0.3) is 11.8 Å². The Labute approximate surface area is 159 Å². The van der Waals surface area contributed by atoms with E-state index in [9.17, 15) is 9.59 Å². The Hall–Kier alpha value is -3.14. The van der Waals surface area contributed by atoms with Crippen molar-refractivity contribution < 1.29 is 9.59 Å². The minimum absolute atomic E-state index is 0.144. The molecule has 2 amide bonds. The molecule has 0 aliphatic carbocycles. The first-order valence-electron chi connectivity index (χ1n) is 9.34. The summed E-state index contributed by atoms with van der Waals surface area (Å²) in [6.45, 7) is 2.05. The number of benzene rings is 3. The molecule has 1 N–H and O–H groups in total. The van der Waals surface area contributed by atoms with E-state index >= 15 is 0 Å². The summed E-state index contributed by atoms with van der Waals surface area (Å²) in [5, 5.41) is 3.97. The lowest BCUT2D eigenvalue weighted by Crippen LogP contribution is -2.35. The number of fused-ring (bicyclic) bond motifs is 1. The van der Waals surface area contributed by atoms with Gasteiger partial charge < -0.3 is 0 Å². The van der Waals surface area contributed by atoms with Gasteiger partial charge in [-0.15, -0.1) is 0 Å². The van der Waals surface area contributed by atoms with Crippen LogP contribution in [0.5, 0.6) is 0 Å². The molecule has 0 spiro atoms. The molecule has 4 heteroatoms. The first-order chi connectivity index (χ1) is 13.2. The average Bonchev–Trinajstić information content (AvgIpc) is 3.01. The van der Waals surface area contributed by atoms with Crippen LogP contribution in [-0.2, 0) is 9.59 Å². The molecule has 1 heterocycles. The third-order valence-corrected chi connectivity index (χ3v) is 4.58. The Kier molecular flexibility index (Phi) is 6.21. The van der Waals surface area contributed by atoms with Gasteiger partial charge >= 0.3 is 0 Å². The molecule has 0 saturated carbocycles. The summed E-state index contributed by atoms with van der Waals surface area (Å²) >= 11 is 0. The van der Waals surface area contributed by atoms with Gasteiger partial charge in [0.15, 0.2) is 0 Å². The number of hydrogen-bond donors (Lipinski definition) is 1. The van der Waals surface area contributed by atoms with Crippen LogP contribution >= 0.6 is 0 Å². The smallest absolute Gasteiger partial charge is 0.258 e. The number of anilines is 1. The lowest BCUT2D eigenvalue weighted by Gasteiger charge is -2.14. The zero-order valence-electron chi connectivity index (χ0n) is 15.5. The molecule has 4 nitrogen and oxygen atoms in total. The number of hydrogen-bond acceptors (Lipinski definition) is 2. The average molecular weight is 360 g/mol. The van der Waals surface area contributed by atoms with Crippen molar-refractivity contribution in [1.82, 2.24) is 5.43 Å². The largest absolute Gasteiger partial charge is 0.272 e. The summed E-state index contributed by atoms with van der Waals surface area (Å²) < 4.78 is 0. The molecule has 4 rings (SSSR count). The number of amides is 2. The van der Waals surface area contributed by atoms with Crippen molar-refractivity contribution in [2.24, 2.45) is 5.92 Å². The van der Waals surface area contributed by atoms with Crippen LogP contribution in [0.25, 0.3) is 10.8 Å². The van der Waals surface area contributed by atoms with Gasteiger partial charge in [-0.05, 0) is 29.3 Å². The fraction of sp³-hybridized carbons (Fsp3) is 0.217. The van der Waals surface area contributed by atoms with E-state index in [1.54, 1.807) is 12.1 Å². The summed E-state index contributed by atoms with van der Waals surface area (Å²) in [4.78, 5) is 23.8. The molecule has 1 aliphatic heterocycles. The van der Waals surface area contributed by atoms with Crippen molar-refractivity contribution in [2.45, 2.75) is 26.2 Å². The quantitative estimate of drug-likeness (QED) is 0.685. The van der Waals surface area contributed by atoms with E-state index in [4.69, 9.17) is 0 Å². The van der Waals surface area contributed by atoms with Crippen molar-refractivity contribution in [1.29, 1.82) is 0 Å². The number of nitrogens with zero attached hydrogens (tertiary/aromatic N) is 1. The van der Waals surface area contributed by atoms with E-state index < -0.39 is 5.92 Å². The van der Waals surface area contributed by atoms with Gasteiger partial charge in [0.05, 0.1) is 5.69 Å². The van der Waals surface area contributed by atoms with Gasteiger partial charge in [-0.1, -0.05) is 86.5 Å². The molecule has 1 atom stereocenters. The topological polar surface area (TPSA) is 49.4 Å². The Morgan fingerprint density at radius 1 is 0.815 bits per heavy atom. The number of unbranched alkanes of at least 4 members (excludes halogenated alkanes) is 1. The zero-order chi connectivity index (χ0) is 19.1. The molecule has 138 valence electrons. The molecule has 1 saturated heterocycles. The van der Waals surface area contributed by atoms with Crippen LogP contribution in [0.3, 0.4) is 0 Å². The molecule has 1 fully saturated rings. The Balaban J connectivity index is 0.000000177. The first kappa shape index (κ1) is 18.6. The minimum atomic E-state index is -0.518. The van der Waals surface area contributed by atoms with Crippen LogP contribution in [0.2, 0.25) is 0 Å². The molecule has 27 heavy (non-hydrogen) atoms. The fourth-order valence-electron chi connectivity index (χ4n) is 3.08. The third kappa shape index (κ3) is 4.53. The summed E-state index contributed by atoms with van der Waals surface area (Å²) in [6.07, 6.45) is 2.51. The monoisotopic (exact) mass is 360 g/mol. The number of nitrogens with one attached hydrogen (secondary N) is 1. The van der Waals surface area contributed by atoms with Crippen molar-refractivity contribution in [2.75, 3.05) is 5.01 Å². The van der Waals surface area contributed by atoms with Crippen molar-refractivity contribution in [3.8, 4) is 0 Å². The second kappa shape index (κ2) is 8.99. The number of carbonyl (C=O) groups is 2. The van der Waals surface area contributed by atoms with E-state index in [1.165, 1.54) is 15.8 Å². The van der Waals surface area contributed by atoms with Crippen LogP contribution in [0.15, 0.2) is 78.9 Å². The Morgan fingerprint density at radius 2 is 1.33 bits per heavy atom. The molecule has 0 bridgehead atoms. The standard InChI is InChI=1S/C13H16N2O2.C10H8/c1-2-3-9-11-12(16)14-15(13(11)17)10-7-5-4-6-8-10;1-2-6-10-8-4-3-7-9(10)5-1/h4-8,11H,2-3,9H2,1H3,(H,14,16);1-8H. The summed E-state index contributed by atoms with van der Waals surface area (Å²) in [5.41, 5.74) is 3.34. The van der Waals surface area contributed by atoms with Crippen LogP contribution in [0.1, 0.15) is 26.2 Å². The van der Waals surface area contributed by atoms with E-state index in [2.05, 4.69) is 54.0 Å². The maximum atomic E-state index is 12.1. The maximum Gasteiger partial charge on any atom is 0.258 e. The minimum Gasteiger partial charge on any atom is -0.272 e. The highest BCUT2D eigenvalue weighted by Crippen LogP contribution is 2.22. The second-order valence-electron chi connectivity index (χ2n) is 6.53. The predicted molar refractivity (Wildman–Crippen MR) is 109 cm³/mol.